The number of nitrogen functional groups attached to an aromatic ring is 1. The van der Waals surface area contributed by atoms with Crippen molar-refractivity contribution in [2.45, 2.75) is 37.8 Å². The van der Waals surface area contributed by atoms with Crippen LogP contribution in [0, 0.1) is 0 Å². The maximum atomic E-state index is 13.9. The van der Waals surface area contributed by atoms with Gasteiger partial charge in [0.25, 0.3) is 5.91 Å². The molecule has 38 heavy (non-hydrogen) atoms. The second kappa shape index (κ2) is 10.3. The molecule has 1 aromatic carbocycles. The summed E-state index contributed by atoms with van der Waals surface area (Å²) < 4.78 is 107. The van der Waals surface area contributed by atoms with Crippen molar-refractivity contribution < 1.29 is 49.4 Å². The van der Waals surface area contributed by atoms with Gasteiger partial charge < -0.3 is 20.7 Å². The van der Waals surface area contributed by atoms with Gasteiger partial charge in [0.05, 0.1) is 18.6 Å². The van der Waals surface area contributed by atoms with Gasteiger partial charge in [-0.1, -0.05) is 0 Å². The zero-order valence-electron chi connectivity index (χ0n) is 19.3. The van der Waals surface area contributed by atoms with Crippen molar-refractivity contribution >= 4 is 41.8 Å². The molecule has 2 aromatic rings. The number of carbonyl (C=O) groups is 2. The van der Waals surface area contributed by atoms with Gasteiger partial charge in [-0.2, -0.15) is 26.9 Å². The normalized spacial score (nSPS) is 15.5. The number of nitrogens with zero attached hydrogens (tertiary/aromatic N) is 4. The highest BCUT2D eigenvalue weighted by Crippen LogP contribution is 2.38. The first kappa shape index (κ1) is 30.6. The van der Waals surface area contributed by atoms with E-state index < -0.39 is 65.3 Å². The molecule has 0 spiro atoms. The Hall–Kier alpha value is -3.63. The molecule has 3 rings (SSSR count). The number of ether oxygens (including phenoxy) is 1. The summed E-state index contributed by atoms with van der Waals surface area (Å²) in [7, 11) is 0. The predicted molar refractivity (Wildman–Crippen MR) is 119 cm³/mol. The van der Waals surface area contributed by atoms with Crippen LogP contribution in [-0.2, 0) is 0 Å². The van der Waals surface area contributed by atoms with Crippen LogP contribution in [0.5, 0.6) is 5.75 Å². The fourth-order valence-electron chi connectivity index (χ4n) is 3.25. The second-order valence-electron chi connectivity index (χ2n) is 8.50. The van der Waals surface area contributed by atoms with Crippen LogP contribution in [0.25, 0.3) is 0 Å². The summed E-state index contributed by atoms with van der Waals surface area (Å²) in [5.41, 5.74) is 3.75. The van der Waals surface area contributed by atoms with Crippen molar-refractivity contribution in [3.05, 3.63) is 36.0 Å². The van der Waals surface area contributed by atoms with Gasteiger partial charge in [-0.15, -0.1) is 25.6 Å². The Morgan fingerprint density at radius 2 is 1.71 bits per heavy atom. The van der Waals surface area contributed by atoms with Gasteiger partial charge in [0.2, 0.25) is 5.95 Å². The van der Waals surface area contributed by atoms with Crippen molar-refractivity contribution in [3.8, 4) is 5.75 Å². The average Bonchev–Trinajstić information content (AvgIpc) is 3.02. The number of hydrogen-bond donors (Lipinski definition) is 2. The minimum absolute atomic E-state index is 0. The lowest BCUT2D eigenvalue weighted by Crippen LogP contribution is -2.49. The van der Waals surface area contributed by atoms with E-state index in [0.717, 1.165) is 11.1 Å². The van der Waals surface area contributed by atoms with E-state index in [4.69, 9.17) is 5.73 Å². The van der Waals surface area contributed by atoms with Gasteiger partial charge in [0.15, 0.2) is 0 Å². The topological polar surface area (TPSA) is 114 Å². The first-order valence-electron chi connectivity index (χ1n) is 10.1. The number of anilines is 3. The SMILES string of the molecule is CC1(C)CN(c2ncc(C(=O)N(CC(F)(F)C(F)(F)F)c3ccc(OC(F)(F)F)cc3)c(N)n2)C(=O)N1.Cl. The Labute approximate surface area is 215 Å². The highest BCUT2D eigenvalue weighted by Gasteiger charge is 2.59. The first-order valence-corrected chi connectivity index (χ1v) is 10.1. The summed E-state index contributed by atoms with van der Waals surface area (Å²) in [6.07, 6.45) is -10.4. The van der Waals surface area contributed by atoms with Gasteiger partial charge in [0, 0.05) is 11.9 Å². The molecule has 0 aliphatic carbocycles. The maximum Gasteiger partial charge on any atom is 0.573 e. The molecule has 1 aliphatic rings. The number of amides is 3. The van der Waals surface area contributed by atoms with Crippen LogP contribution in [0.2, 0.25) is 0 Å². The first-order chi connectivity index (χ1) is 16.8. The van der Waals surface area contributed by atoms with Crippen LogP contribution in [0.1, 0.15) is 24.2 Å². The number of hydrogen-bond acceptors (Lipinski definition) is 6. The van der Waals surface area contributed by atoms with E-state index in [1.54, 1.807) is 13.8 Å². The lowest BCUT2D eigenvalue weighted by molar-refractivity contribution is -0.276. The fourth-order valence-corrected chi connectivity index (χ4v) is 3.25. The summed E-state index contributed by atoms with van der Waals surface area (Å²) in [6, 6.07) is 1.98. The van der Waals surface area contributed by atoms with Crippen molar-refractivity contribution in [1.82, 2.24) is 15.3 Å². The minimum Gasteiger partial charge on any atom is -0.406 e. The van der Waals surface area contributed by atoms with E-state index in [1.807, 2.05) is 0 Å². The quantitative estimate of drug-likeness (QED) is 0.487. The molecular formula is C20H19ClF8N6O3. The molecule has 1 aliphatic heterocycles. The largest absolute Gasteiger partial charge is 0.573 e. The van der Waals surface area contributed by atoms with Crippen molar-refractivity contribution in [2.24, 2.45) is 0 Å². The monoisotopic (exact) mass is 578 g/mol. The minimum atomic E-state index is -6.06. The predicted octanol–water partition coefficient (Wildman–Crippen LogP) is 4.53. The Kier molecular flexibility index (Phi) is 8.26. The standard InChI is InChI=1S/C20H18F8N6O3.ClH/c1-17(2)8-34(16(36)32-17)15-30-7-12(13(29)31-15)14(35)33(9-18(21,22)19(23,24)25)10-3-5-11(6-4-10)37-20(26,27)28;/h3-7H,8-9H2,1-2H3,(H,32,36)(H2,29,30,31);1H. The maximum absolute atomic E-state index is 13.9. The zero-order valence-corrected chi connectivity index (χ0v) is 20.1. The van der Waals surface area contributed by atoms with E-state index in [-0.39, 0.29) is 29.8 Å². The lowest BCUT2D eigenvalue weighted by atomic mass is 10.1. The fraction of sp³-hybridized carbons (Fsp3) is 0.400. The van der Waals surface area contributed by atoms with E-state index in [2.05, 4.69) is 20.0 Å². The second-order valence-corrected chi connectivity index (χ2v) is 8.50. The van der Waals surface area contributed by atoms with Crippen molar-refractivity contribution in [2.75, 3.05) is 28.6 Å². The highest BCUT2D eigenvalue weighted by molar-refractivity contribution is 6.09. The number of nitrogens with two attached hydrogens (primary N) is 1. The van der Waals surface area contributed by atoms with Crippen LogP contribution in [-0.4, -0.2) is 59.0 Å². The summed E-state index contributed by atoms with van der Waals surface area (Å²) >= 11 is 0. The molecule has 18 heteroatoms. The number of halogens is 9. The Morgan fingerprint density at radius 3 is 2.16 bits per heavy atom. The van der Waals surface area contributed by atoms with Crippen LogP contribution in [0.15, 0.2) is 30.5 Å². The van der Waals surface area contributed by atoms with Crippen molar-refractivity contribution in [3.63, 3.8) is 0 Å². The number of aromatic nitrogens is 2. The molecule has 0 unspecified atom stereocenters. The molecule has 0 saturated carbocycles. The third kappa shape index (κ3) is 6.81. The van der Waals surface area contributed by atoms with Crippen molar-refractivity contribution in [1.29, 1.82) is 0 Å². The molecule has 2 heterocycles. The van der Waals surface area contributed by atoms with Gasteiger partial charge in [0.1, 0.15) is 17.1 Å². The molecule has 0 bridgehead atoms. The van der Waals surface area contributed by atoms with Crippen LogP contribution < -0.4 is 25.6 Å². The molecule has 0 radical (unpaired) electrons. The lowest BCUT2D eigenvalue weighted by Gasteiger charge is -2.29. The van der Waals surface area contributed by atoms with Crippen LogP contribution in [0.3, 0.4) is 0 Å². The molecule has 0 atom stereocenters. The highest BCUT2D eigenvalue weighted by atomic mass is 35.5. The Bertz CT molecular complexity index is 1190. The summed E-state index contributed by atoms with van der Waals surface area (Å²) in [5, 5.41) is 2.62. The van der Waals surface area contributed by atoms with E-state index in [0.29, 0.717) is 24.3 Å². The third-order valence-corrected chi connectivity index (χ3v) is 4.92. The average molecular weight is 579 g/mol. The number of carbonyl (C=O) groups excluding carboxylic acids is 2. The number of nitrogens with one attached hydrogen (secondary N) is 1. The molecule has 3 N–H and O–H groups in total. The Morgan fingerprint density at radius 1 is 1.13 bits per heavy atom. The number of benzene rings is 1. The van der Waals surface area contributed by atoms with Gasteiger partial charge in [-0.25, -0.2) is 9.78 Å². The van der Waals surface area contributed by atoms with Crippen LogP contribution in [0.4, 0.5) is 57.4 Å². The zero-order chi connectivity index (χ0) is 28.0. The molecule has 1 fully saturated rings. The Balaban J connectivity index is 0.00000507. The third-order valence-electron chi connectivity index (χ3n) is 4.92. The summed E-state index contributed by atoms with van der Waals surface area (Å²) in [6.45, 7) is 1.24. The van der Waals surface area contributed by atoms with E-state index in [9.17, 15) is 44.7 Å². The summed E-state index contributed by atoms with van der Waals surface area (Å²) in [5.74, 6) is -8.66. The van der Waals surface area contributed by atoms with Gasteiger partial charge in [-0.05, 0) is 38.1 Å². The number of alkyl halides is 8. The van der Waals surface area contributed by atoms with E-state index >= 15 is 0 Å². The molecule has 9 nitrogen and oxygen atoms in total. The van der Waals surface area contributed by atoms with Gasteiger partial charge in [-0.3, -0.25) is 9.69 Å². The summed E-state index contributed by atoms with van der Waals surface area (Å²) in [4.78, 5) is 33.8. The molecular weight excluding hydrogens is 560 g/mol. The smallest absolute Gasteiger partial charge is 0.406 e. The molecule has 1 aromatic heterocycles. The molecule has 210 valence electrons. The number of rotatable bonds is 6. The number of urea groups is 1. The van der Waals surface area contributed by atoms with Crippen LogP contribution >= 0.6 is 12.4 Å². The van der Waals surface area contributed by atoms with Gasteiger partial charge >= 0.3 is 24.5 Å². The molecule has 1 saturated heterocycles. The molecule has 3 amide bonds. The van der Waals surface area contributed by atoms with E-state index in [1.165, 1.54) is 0 Å².